The summed E-state index contributed by atoms with van der Waals surface area (Å²) >= 11 is 6.21. The maximum atomic E-state index is 13.1. The van der Waals surface area contributed by atoms with E-state index in [0.29, 0.717) is 16.3 Å². The first-order valence-electron chi connectivity index (χ1n) is 9.63. The number of amides is 2. The lowest BCUT2D eigenvalue weighted by molar-refractivity contribution is 0.102. The molecule has 0 saturated heterocycles. The number of hydrogen-bond donors (Lipinski definition) is 3. The summed E-state index contributed by atoms with van der Waals surface area (Å²) in [5.41, 5.74) is 7.09. The predicted molar refractivity (Wildman–Crippen MR) is 123 cm³/mol. The fourth-order valence-electron chi connectivity index (χ4n) is 3.60. The van der Waals surface area contributed by atoms with Crippen molar-refractivity contribution < 1.29 is 19.5 Å². The third-order valence-electron chi connectivity index (χ3n) is 5.07. The summed E-state index contributed by atoms with van der Waals surface area (Å²) in [6.07, 6.45) is 0. The van der Waals surface area contributed by atoms with Gasteiger partial charge in [0, 0.05) is 16.5 Å². The van der Waals surface area contributed by atoms with E-state index in [0.717, 1.165) is 10.1 Å². The maximum Gasteiger partial charge on any atom is 0.326 e. The first-order valence-corrected chi connectivity index (χ1v) is 10.0. The Morgan fingerprint density at radius 2 is 1.72 bits per heavy atom. The fraction of sp³-hybridized carbons (Fsp3) is 0.0417. The fourth-order valence-corrected chi connectivity index (χ4v) is 3.88. The van der Waals surface area contributed by atoms with E-state index < -0.39 is 17.8 Å². The van der Waals surface area contributed by atoms with Crippen LogP contribution >= 0.6 is 11.6 Å². The van der Waals surface area contributed by atoms with Crippen LogP contribution in [-0.4, -0.2) is 27.4 Å². The van der Waals surface area contributed by atoms with E-state index in [-0.39, 0.29) is 27.8 Å². The van der Waals surface area contributed by atoms with Gasteiger partial charge in [0.25, 0.3) is 5.91 Å². The average molecular weight is 448 g/mol. The summed E-state index contributed by atoms with van der Waals surface area (Å²) in [7, 11) is 0. The van der Waals surface area contributed by atoms with Crippen LogP contribution in [0, 0.1) is 6.92 Å². The molecule has 4 N–H and O–H groups in total. The first-order chi connectivity index (χ1) is 15.3. The van der Waals surface area contributed by atoms with E-state index in [4.69, 9.17) is 17.3 Å². The smallest absolute Gasteiger partial charge is 0.326 e. The number of hydrogen-bond acceptors (Lipinski definition) is 4. The average Bonchev–Trinajstić information content (AvgIpc) is 3.07. The second kappa shape index (κ2) is 8.20. The summed E-state index contributed by atoms with van der Waals surface area (Å²) in [5, 5.41) is 13.9. The normalized spacial score (nSPS) is 10.8. The number of aromatic hydroxyl groups is 1. The summed E-state index contributed by atoms with van der Waals surface area (Å²) in [6, 6.07) is 17.1. The number of para-hydroxylation sites is 1. The molecule has 0 saturated carbocycles. The molecule has 1 aromatic heterocycles. The first kappa shape index (κ1) is 21.1. The third-order valence-corrected chi connectivity index (χ3v) is 5.38. The van der Waals surface area contributed by atoms with Crippen molar-refractivity contribution in [3.63, 3.8) is 0 Å². The van der Waals surface area contributed by atoms with Gasteiger partial charge in [0.05, 0.1) is 16.2 Å². The van der Waals surface area contributed by atoms with E-state index in [2.05, 4.69) is 5.32 Å². The van der Waals surface area contributed by atoms with Gasteiger partial charge in [-0.25, -0.2) is 9.36 Å². The highest BCUT2D eigenvalue weighted by Crippen LogP contribution is 2.35. The molecule has 7 nitrogen and oxygen atoms in total. The van der Waals surface area contributed by atoms with Crippen LogP contribution in [0.25, 0.3) is 10.9 Å². The van der Waals surface area contributed by atoms with E-state index in [1.54, 1.807) is 54.6 Å². The highest BCUT2D eigenvalue weighted by atomic mass is 35.5. The lowest BCUT2D eigenvalue weighted by atomic mass is 10.00. The zero-order chi connectivity index (χ0) is 23.0. The summed E-state index contributed by atoms with van der Waals surface area (Å²) in [5.74, 6) is -1.76. The molecule has 4 rings (SSSR count). The Hall–Kier alpha value is -4.10. The van der Waals surface area contributed by atoms with Crippen molar-refractivity contribution in [2.75, 3.05) is 5.32 Å². The molecule has 2 amide bonds. The lowest BCUT2D eigenvalue weighted by Gasteiger charge is -2.08. The molecule has 0 fully saturated rings. The number of carbonyl (C=O) groups is 3. The number of aryl methyl sites for hydroxylation is 1. The minimum atomic E-state index is -1.03. The van der Waals surface area contributed by atoms with Crippen molar-refractivity contribution in [3.8, 4) is 5.88 Å². The molecule has 0 aliphatic heterocycles. The number of nitrogens with two attached hydrogens (primary N) is 1. The number of carbonyl (C=O) groups excluding carboxylic acids is 3. The molecule has 0 aliphatic rings. The minimum absolute atomic E-state index is 0.0477. The van der Waals surface area contributed by atoms with Crippen molar-refractivity contribution >= 4 is 45.9 Å². The Labute approximate surface area is 188 Å². The molecule has 1 heterocycles. The number of nitrogens with zero attached hydrogens (tertiary/aromatic N) is 1. The predicted octanol–water partition coefficient (Wildman–Crippen LogP) is 4.72. The van der Waals surface area contributed by atoms with Crippen LogP contribution in [0.15, 0.2) is 66.7 Å². The van der Waals surface area contributed by atoms with Gasteiger partial charge in [-0.1, -0.05) is 60.1 Å². The largest absolute Gasteiger partial charge is 0.494 e. The minimum Gasteiger partial charge on any atom is -0.494 e. The summed E-state index contributed by atoms with van der Waals surface area (Å²) < 4.78 is 0.761. The van der Waals surface area contributed by atoms with E-state index in [1.165, 1.54) is 12.1 Å². The summed E-state index contributed by atoms with van der Waals surface area (Å²) in [4.78, 5) is 38.4. The van der Waals surface area contributed by atoms with Crippen LogP contribution in [0.1, 0.15) is 31.8 Å². The number of rotatable bonds is 4. The van der Waals surface area contributed by atoms with Gasteiger partial charge < -0.3 is 16.2 Å². The molecule has 4 aromatic rings. The number of anilines is 1. The van der Waals surface area contributed by atoms with Crippen molar-refractivity contribution in [2.45, 2.75) is 6.92 Å². The molecule has 0 bridgehead atoms. The second-order valence-corrected chi connectivity index (χ2v) is 7.61. The zero-order valence-electron chi connectivity index (χ0n) is 16.9. The van der Waals surface area contributed by atoms with Crippen molar-refractivity contribution in [1.29, 1.82) is 0 Å². The highest BCUT2D eigenvalue weighted by molar-refractivity contribution is 6.34. The number of benzene rings is 3. The van der Waals surface area contributed by atoms with Gasteiger partial charge in [-0.05, 0) is 30.7 Å². The number of ketones is 1. The van der Waals surface area contributed by atoms with Crippen LogP contribution in [0.3, 0.4) is 0 Å². The molecule has 8 heteroatoms. The molecular weight excluding hydrogens is 430 g/mol. The van der Waals surface area contributed by atoms with Gasteiger partial charge in [0.15, 0.2) is 5.78 Å². The number of nitrogens with one attached hydrogen (secondary N) is 1. The van der Waals surface area contributed by atoms with Gasteiger partial charge in [-0.15, -0.1) is 0 Å². The van der Waals surface area contributed by atoms with Crippen LogP contribution in [0.2, 0.25) is 5.02 Å². The summed E-state index contributed by atoms with van der Waals surface area (Å²) in [6.45, 7) is 1.86. The van der Waals surface area contributed by atoms with Crippen molar-refractivity contribution in [1.82, 2.24) is 4.57 Å². The van der Waals surface area contributed by atoms with Gasteiger partial charge >= 0.3 is 6.03 Å². The third kappa shape index (κ3) is 3.59. The van der Waals surface area contributed by atoms with E-state index >= 15 is 0 Å². The van der Waals surface area contributed by atoms with Crippen molar-refractivity contribution in [3.05, 3.63) is 94.0 Å². The van der Waals surface area contributed by atoms with Crippen molar-refractivity contribution in [2.24, 2.45) is 5.73 Å². The number of primary amides is 1. The standard InChI is InChI=1S/C24H18ClN3O4/c1-13-10-11-18(17(25)12-13)27-22(30)19-15-8-5-9-16(20(15)28(23(19)31)24(26)32)21(29)14-6-3-2-4-7-14/h2-12,31H,1H3,(H2,26,32)(H,27,30). The van der Waals surface area contributed by atoms with Gasteiger partial charge in [0.2, 0.25) is 5.88 Å². The Morgan fingerprint density at radius 3 is 2.38 bits per heavy atom. The van der Waals surface area contributed by atoms with Crippen LogP contribution in [0.5, 0.6) is 5.88 Å². The van der Waals surface area contributed by atoms with Gasteiger partial charge in [-0.2, -0.15) is 0 Å². The van der Waals surface area contributed by atoms with E-state index in [9.17, 15) is 19.5 Å². The highest BCUT2D eigenvalue weighted by Gasteiger charge is 2.28. The van der Waals surface area contributed by atoms with Gasteiger partial charge in [0.1, 0.15) is 5.56 Å². The molecule has 32 heavy (non-hydrogen) atoms. The molecule has 0 atom stereocenters. The Morgan fingerprint density at radius 1 is 1.00 bits per heavy atom. The molecule has 0 aliphatic carbocycles. The monoisotopic (exact) mass is 447 g/mol. The Bertz CT molecular complexity index is 1390. The molecule has 160 valence electrons. The van der Waals surface area contributed by atoms with Crippen LogP contribution in [-0.2, 0) is 0 Å². The topological polar surface area (TPSA) is 114 Å². The number of aromatic nitrogens is 1. The molecule has 0 spiro atoms. The molecular formula is C24H18ClN3O4. The number of halogens is 1. The zero-order valence-corrected chi connectivity index (χ0v) is 17.7. The van der Waals surface area contributed by atoms with E-state index in [1.807, 2.05) is 6.92 Å². The van der Waals surface area contributed by atoms with Crippen LogP contribution < -0.4 is 11.1 Å². The molecule has 0 radical (unpaired) electrons. The van der Waals surface area contributed by atoms with Crippen LogP contribution in [0.4, 0.5) is 10.5 Å². The Balaban J connectivity index is 1.89. The Kier molecular flexibility index (Phi) is 5.42. The molecule has 3 aromatic carbocycles. The molecule has 0 unspecified atom stereocenters. The lowest BCUT2D eigenvalue weighted by Crippen LogP contribution is -2.20. The maximum absolute atomic E-state index is 13.1. The SMILES string of the molecule is Cc1ccc(NC(=O)c2c(O)n(C(N)=O)c3c(C(=O)c4ccccc4)cccc23)c(Cl)c1. The van der Waals surface area contributed by atoms with Gasteiger partial charge in [-0.3, -0.25) is 9.59 Å². The second-order valence-electron chi connectivity index (χ2n) is 7.21. The quantitative estimate of drug-likeness (QED) is 0.392. The number of fused-ring (bicyclic) bond motifs is 1.